The molecule has 228 valence electrons. The van der Waals surface area contributed by atoms with Crippen LogP contribution in [-0.4, -0.2) is 30.5 Å². The number of hydrogen-bond acceptors (Lipinski definition) is 6. The van der Waals surface area contributed by atoms with Crippen LogP contribution >= 0.6 is 0 Å². The summed E-state index contributed by atoms with van der Waals surface area (Å²) >= 11 is 0. The molecule has 1 aliphatic rings. The normalized spacial score (nSPS) is 15.8. The van der Waals surface area contributed by atoms with E-state index in [1.165, 1.54) is 6.07 Å². The summed E-state index contributed by atoms with van der Waals surface area (Å²) in [7, 11) is 1.83. The first-order valence-corrected chi connectivity index (χ1v) is 15.0. The van der Waals surface area contributed by atoms with Crippen LogP contribution in [0.3, 0.4) is 0 Å². The Morgan fingerprint density at radius 3 is 2.36 bits per heavy atom. The maximum Gasteiger partial charge on any atom is 0.200 e. The molecule has 3 heterocycles. The van der Waals surface area contributed by atoms with Gasteiger partial charge in [-0.15, -0.1) is 0 Å². The van der Waals surface area contributed by atoms with Gasteiger partial charge in [-0.2, -0.15) is 0 Å². The van der Waals surface area contributed by atoms with Crippen LogP contribution in [0.25, 0.3) is 43.6 Å². The number of allylic oxidation sites excluding steroid dienone is 2. The van der Waals surface area contributed by atoms with E-state index < -0.39 is 11.5 Å². The molecule has 0 aliphatic carbocycles. The molecule has 8 nitrogen and oxygen atoms in total. The minimum absolute atomic E-state index is 0.0900. The van der Waals surface area contributed by atoms with Gasteiger partial charge in [-0.05, 0) is 64.8 Å². The Balaban J connectivity index is 1.66. The third kappa shape index (κ3) is 4.19. The Bertz CT molecular complexity index is 2390. The Hall–Kier alpha value is -5.24. The van der Waals surface area contributed by atoms with E-state index >= 15 is 0 Å². The second-order valence-corrected chi connectivity index (χ2v) is 12.9. The maximum absolute atomic E-state index is 14.1. The van der Waals surface area contributed by atoms with Gasteiger partial charge in [-0.3, -0.25) is 9.59 Å². The average molecular weight is 603 g/mol. The molecular weight excluding hydrogens is 568 g/mol. The smallest absolute Gasteiger partial charge is 0.200 e. The molecule has 7 rings (SSSR count). The zero-order valence-electron chi connectivity index (χ0n) is 25.8. The number of ether oxygens (including phenoxy) is 1. The van der Waals surface area contributed by atoms with E-state index in [9.17, 15) is 24.9 Å². The topological polar surface area (TPSA) is 125 Å². The number of phenols is 3. The minimum atomic E-state index is -0.794. The summed E-state index contributed by atoms with van der Waals surface area (Å²) in [5, 5.41) is 36.6. The summed E-state index contributed by atoms with van der Waals surface area (Å²) < 4.78 is 8.22. The minimum Gasteiger partial charge on any atom is -0.507 e. The van der Waals surface area contributed by atoms with Crippen LogP contribution in [0.2, 0.25) is 0 Å². The summed E-state index contributed by atoms with van der Waals surface area (Å²) in [4.78, 5) is 31.2. The van der Waals surface area contributed by atoms with Gasteiger partial charge in [0.2, 0.25) is 10.9 Å². The molecule has 0 saturated heterocycles. The van der Waals surface area contributed by atoms with Crippen LogP contribution < -0.4 is 15.6 Å². The summed E-state index contributed by atoms with van der Waals surface area (Å²) in [6.07, 6.45) is 2.60. The predicted octanol–water partition coefficient (Wildman–Crippen LogP) is 7.00. The zero-order chi connectivity index (χ0) is 31.9. The van der Waals surface area contributed by atoms with Gasteiger partial charge in [0.15, 0.2) is 0 Å². The van der Waals surface area contributed by atoms with Crippen molar-refractivity contribution < 1.29 is 20.1 Å². The highest BCUT2D eigenvalue weighted by Gasteiger charge is 2.41. The number of fused-ring (bicyclic) bond motifs is 6. The van der Waals surface area contributed by atoms with Crippen molar-refractivity contribution in [3.63, 3.8) is 0 Å². The highest BCUT2D eigenvalue weighted by Crippen LogP contribution is 2.54. The van der Waals surface area contributed by atoms with Gasteiger partial charge in [0.1, 0.15) is 28.6 Å². The second kappa shape index (κ2) is 9.89. The number of aromatic hydroxyl groups is 3. The number of aryl methyl sites for hydroxylation is 1. The number of benzene rings is 4. The van der Waals surface area contributed by atoms with Crippen LogP contribution in [0.15, 0.2) is 75.8 Å². The lowest BCUT2D eigenvalue weighted by molar-refractivity contribution is 0.0772. The Morgan fingerprint density at radius 2 is 1.62 bits per heavy atom. The number of H-pyrrole nitrogens is 1. The quantitative estimate of drug-likeness (QED) is 0.128. The Labute approximate surface area is 258 Å². The van der Waals surface area contributed by atoms with E-state index in [4.69, 9.17) is 4.74 Å². The van der Waals surface area contributed by atoms with Crippen molar-refractivity contribution in [2.75, 3.05) is 0 Å². The van der Waals surface area contributed by atoms with Gasteiger partial charge >= 0.3 is 0 Å². The Kier molecular flexibility index (Phi) is 6.27. The summed E-state index contributed by atoms with van der Waals surface area (Å²) in [6.45, 7) is 7.70. The second-order valence-electron chi connectivity index (χ2n) is 12.9. The lowest BCUT2D eigenvalue weighted by Crippen LogP contribution is -2.35. The molecule has 8 heteroatoms. The molecule has 0 amide bonds. The standard InChI is InChI=1S/C37H34N2O6/c1-18(2)14-15-21-32-30(34(42)20-11-7-9-13-24(20)39(32)5)36(44)28(35(21)43)22-17-37(3,4)45-26-16-25(40)29-31(27(22)26)38-23-12-8-6-10-19(23)33(29)41/h6-14,16,22,40,43-44H,15,17H2,1-5H3,(H,38,41)/t22-/m1/s1. The average Bonchev–Trinajstić information content (AvgIpc) is 2.98. The van der Waals surface area contributed by atoms with Crippen molar-refractivity contribution in [3.05, 3.63) is 103 Å². The van der Waals surface area contributed by atoms with Crippen molar-refractivity contribution in [2.24, 2.45) is 7.05 Å². The number of pyridine rings is 2. The van der Waals surface area contributed by atoms with Crippen molar-refractivity contribution in [1.82, 2.24) is 9.55 Å². The number of aromatic amines is 1. The van der Waals surface area contributed by atoms with Gasteiger partial charge in [0, 0.05) is 52.0 Å². The van der Waals surface area contributed by atoms with E-state index in [0.717, 1.165) is 5.57 Å². The van der Waals surface area contributed by atoms with Gasteiger partial charge in [0.25, 0.3) is 0 Å². The molecule has 4 N–H and O–H groups in total. The number of para-hydroxylation sites is 2. The molecule has 0 bridgehead atoms. The third-order valence-corrected chi connectivity index (χ3v) is 9.09. The number of hydrogen-bond donors (Lipinski definition) is 4. The van der Waals surface area contributed by atoms with Gasteiger partial charge in [-0.25, -0.2) is 0 Å². The molecule has 0 saturated carbocycles. The lowest BCUT2D eigenvalue weighted by Gasteiger charge is -2.39. The van der Waals surface area contributed by atoms with Crippen molar-refractivity contribution in [2.45, 2.75) is 52.1 Å². The molecule has 6 aromatic rings. The molecule has 0 radical (unpaired) electrons. The number of nitrogens with zero attached hydrogens (tertiary/aromatic N) is 1. The lowest BCUT2D eigenvalue weighted by atomic mass is 9.77. The van der Waals surface area contributed by atoms with Crippen molar-refractivity contribution >= 4 is 43.6 Å². The van der Waals surface area contributed by atoms with Crippen LogP contribution in [-0.2, 0) is 13.5 Å². The van der Waals surface area contributed by atoms with Crippen LogP contribution in [0.5, 0.6) is 23.0 Å². The molecule has 1 atom stereocenters. The first kappa shape index (κ1) is 28.5. The van der Waals surface area contributed by atoms with E-state index in [1.807, 2.05) is 63.6 Å². The molecule has 0 unspecified atom stereocenters. The van der Waals surface area contributed by atoms with E-state index in [0.29, 0.717) is 62.6 Å². The van der Waals surface area contributed by atoms with Gasteiger partial charge in [-0.1, -0.05) is 35.9 Å². The first-order valence-electron chi connectivity index (χ1n) is 15.0. The predicted molar refractivity (Wildman–Crippen MR) is 178 cm³/mol. The summed E-state index contributed by atoms with van der Waals surface area (Å²) in [6, 6.07) is 15.7. The van der Waals surface area contributed by atoms with Crippen molar-refractivity contribution in [3.8, 4) is 23.0 Å². The van der Waals surface area contributed by atoms with Gasteiger partial charge < -0.3 is 29.6 Å². The molecular formula is C37H34N2O6. The molecule has 2 aromatic heterocycles. The fourth-order valence-electron chi connectivity index (χ4n) is 7.10. The fraction of sp³-hybridized carbons (Fsp3) is 0.243. The molecule has 45 heavy (non-hydrogen) atoms. The van der Waals surface area contributed by atoms with Crippen molar-refractivity contribution in [1.29, 1.82) is 0 Å². The molecule has 0 spiro atoms. The van der Waals surface area contributed by atoms with E-state index in [-0.39, 0.29) is 44.4 Å². The highest BCUT2D eigenvalue weighted by molar-refractivity contribution is 6.02. The SMILES string of the molecule is CC(C)=CCc1c(O)c([C@@H]2CC(C)(C)Oc3cc(O)c4c(=O)c5ccccc5[nH]c4c32)c(O)c2c(=O)c3ccccc3n(C)c12. The fourth-order valence-corrected chi connectivity index (χ4v) is 7.10. The van der Waals surface area contributed by atoms with E-state index in [1.54, 1.807) is 30.3 Å². The third-order valence-electron chi connectivity index (χ3n) is 9.09. The van der Waals surface area contributed by atoms with Crippen LogP contribution in [0.4, 0.5) is 0 Å². The summed E-state index contributed by atoms with van der Waals surface area (Å²) in [5.41, 5.74) is 2.83. The largest absolute Gasteiger partial charge is 0.507 e. The van der Waals surface area contributed by atoms with Gasteiger partial charge in [0.05, 0.1) is 27.3 Å². The van der Waals surface area contributed by atoms with Crippen LogP contribution in [0.1, 0.15) is 56.7 Å². The highest BCUT2D eigenvalue weighted by atomic mass is 16.5. The summed E-state index contributed by atoms with van der Waals surface area (Å²) in [5.74, 6) is -1.06. The first-order chi connectivity index (χ1) is 21.4. The number of aromatic nitrogens is 2. The molecule has 4 aromatic carbocycles. The number of rotatable bonds is 3. The monoisotopic (exact) mass is 602 g/mol. The van der Waals surface area contributed by atoms with E-state index in [2.05, 4.69) is 4.98 Å². The zero-order valence-corrected chi connectivity index (χ0v) is 25.8. The number of nitrogens with one attached hydrogen (secondary N) is 1. The Morgan fingerprint density at radius 1 is 0.956 bits per heavy atom. The molecule has 1 aliphatic heterocycles. The maximum atomic E-state index is 14.1. The molecule has 0 fully saturated rings. The van der Waals surface area contributed by atoms with Crippen LogP contribution in [0, 0.1) is 0 Å². The number of phenolic OH excluding ortho intramolecular Hbond substituents is 3.